The minimum absolute atomic E-state index is 0. The number of carbonyl (C=O) groups excluding carboxylic acids is 2. The first-order valence-electron chi connectivity index (χ1n) is 9.51. The van der Waals surface area contributed by atoms with Gasteiger partial charge in [0.1, 0.15) is 11.6 Å². The summed E-state index contributed by atoms with van der Waals surface area (Å²) in [5, 5.41) is 2.66. The van der Waals surface area contributed by atoms with E-state index in [1.165, 1.54) is 19.2 Å². The van der Waals surface area contributed by atoms with Gasteiger partial charge in [0.05, 0.1) is 18.4 Å². The Labute approximate surface area is 182 Å². The molecule has 1 heterocycles. The molecule has 0 aromatic heterocycles. The highest BCUT2D eigenvalue weighted by molar-refractivity contribution is 6.09. The van der Waals surface area contributed by atoms with Gasteiger partial charge in [0.25, 0.3) is 11.8 Å². The van der Waals surface area contributed by atoms with Crippen LogP contribution in [-0.2, 0) is 0 Å². The van der Waals surface area contributed by atoms with Crippen molar-refractivity contribution >= 4 is 29.9 Å². The number of piperidine rings is 1. The van der Waals surface area contributed by atoms with Gasteiger partial charge in [-0.2, -0.15) is 0 Å². The van der Waals surface area contributed by atoms with Crippen LogP contribution in [0.25, 0.3) is 0 Å². The maximum absolute atomic E-state index is 13.9. The summed E-state index contributed by atoms with van der Waals surface area (Å²) in [6, 6.07) is 10.3. The predicted octanol–water partition coefficient (Wildman–Crippen LogP) is 3.71. The van der Waals surface area contributed by atoms with Crippen molar-refractivity contribution in [1.82, 2.24) is 4.90 Å². The van der Waals surface area contributed by atoms with Crippen molar-refractivity contribution in [3.63, 3.8) is 0 Å². The number of benzene rings is 2. The molecule has 0 radical (unpaired) electrons. The number of methoxy groups -OCH3 is 1. The lowest BCUT2D eigenvalue weighted by molar-refractivity contribution is 0.0534. The van der Waals surface area contributed by atoms with Crippen LogP contribution in [0.2, 0.25) is 0 Å². The van der Waals surface area contributed by atoms with Crippen LogP contribution in [0.3, 0.4) is 0 Å². The third-order valence-corrected chi connectivity index (χ3v) is 5.41. The Bertz CT molecular complexity index is 918. The SMILES string of the molecule is COc1ccc(C(=O)Nc2cc(F)ccc2C(=O)N2CCC(N)C(C)(C)C2)cc1.Cl. The zero-order chi connectivity index (χ0) is 21.2. The standard InChI is InChI=1S/C22H26FN3O3.ClH/c1-22(2)13-26(11-10-19(22)24)21(28)17-9-6-15(23)12-18(17)25-20(27)14-4-7-16(29-3)8-5-14;/h4-9,12,19H,10-11,13,24H2,1-3H3,(H,25,27);1H. The summed E-state index contributed by atoms with van der Waals surface area (Å²) in [5.41, 5.74) is 6.70. The van der Waals surface area contributed by atoms with Crippen molar-refractivity contribution in [2.45, 2.75) is 26.3 Å². The quantitative estimate of drug-likeness (QED) is 0.766. The largest absolute Gasteiger partial charge is 0.497 e. The van der Waals surface area contributed by atoms with E-state index >= 15 is 0 Å². The molecular formula is C22H27ClFN3O3. The number of ether oxygens (including phenoxy) is 1. The Kier molecular flexibility index (Phi) is 7.44. The maximum Gasteiger partial charge on any atom is 0.255 e. The molecule has 2 aromatic rings. The molecule has 2 amide bonds. The summed E-state index contributed by atoms with van der Waals surface area (Å²) in [6.45, 7) is 5.06. The first kappa shape index (κ1) is 23.6. The molecule has 0 aliphatic carbocycles. The summed E-state index contributed by atoms with van der Waals surface area (Å²) in [6.07, 6.45) is 0.688. The van der Waals surface area contributed by atoms with E-state index in [-0.39, 0.29) is 41.0 Å². The minimum Gasteiger partial charge on any atom is -0.497 e. The van der Waals surface area contributed by atoms with Gasteiger partial charge < -0.3 is 20.7 Å². The number of halogens is 2. The number of rotatable bonds is 4. The number of likely N-dealkylation sites (tertiary alicyclic amines) is 1. The van der Waals surface area contributed by atoms with Crippen LogP contribution in [0.4, 0.5) is 10.1 Å². The minimum atomic E-state index is -0.535. The highest BCUT2D eigenvalue weighted by Crippen LogP contribution is 2.30. The van der Waals surface area contributed by atoms with Crippen LogP contribution in [0.15, 0.2) is 42.5 Å². The molecule has 30 heavy (non-hydrogen) atoms. The van der Waals surface area contributed by atoms with Crippen LogP contribution < -0.4 is 15.8 Å². The second-order valence-corrected chi connectivity index (χ2v) is 7.98. The van der Waals surface area contributed by atoms with Gasteiger partial charge in [0, 0.05) is 24.7 Å². The second kappa shape index (κ2) is 9.45. The molecule has 3 rings (SSSR count). The van der Waals surface area contributed by atoms with Crippen LogP contribution in [-0.4, -0.2) is 43.0 Å². The van der Waals surface area contributed by atoms with Crippen LogP contribution in [0.1, 0.15) is 41.0 Å². The number of hydrogen-bond acceptors (Lipinski definition) is 4. The lowest BCUT2D eigenvalue weighted by Crippen LogP contribution is -2.54. The molecule has 162 valence electrons. The first-order chi connectivity index (χ1) is 13.7. The fraction of sp³-hybridized carbons (Fsp3) is 0.364. The van der Waals surface area contributed by atoms with E-state index in [4.69, 9.17) is 10.5 Å². The van der Waals surface area contributed by atoms with Gasteiger partial charge in [0.2, 0.25) is 0 Å². The van der Waals surface area contributed by atoms with Gasteiger partial charge in [-0.1, -0.05) is 13.8 Å². The molecule has 6 nitrogen and oxygen atoms in total. The number of nitrogens with one attached hydrogen (secondary N) is 1. The maximum atomic E-state index is 13.9. The zero-order valence-corrected chi connectivity index (χ0v) is 18.1. The molecule has 1 fully saturated rings. The Morgan fingerprint density at radius 3 is 2.47 bits per heavy atom. The fourth-order valence-corrected chi connectivity index (χ4v) is 3.46. The average Bonchev–Trinajstić information content (AvgIpc) is 2.69. The Hall–Kier alpha value is -2.64. The van der Waals surface area contributed by atoms with E-state index in [1.54, 1.807) is 29.2 Å². The molecule has 1 aliphatic rings. The van der Waals surface area contributed by atoms with Crippen molar-refractivity contribution in [1.29, 1.82) is 0 Å². The van der Waals surface area contributed by atoms with Crippen LogP contribution in [0.5, 0.6) is 5.75 Å². The van der Waals surface area contributed by atoms with Crippen molar-refractivity contribution in [2.24, 2.45) is 11.1 Å². The third-order valence-electron chi connectivity index (χ3n) is 5.41. The topological polar surface area (TPSA) is 84.7 Å². The molecule has 0 saturated carbocycles. The van der Waals surface area contributed by atoms with E-state index in [9.17, 15) is 14.0 Å². The van der Waals surface area contributed by atoms with Crippen LogP contribution >= 0.6 is 12.4 Å². The van der Waals surface area contributed by atoms with E-state index in [0.29, 0.717) is 30.8 Å². The zero-order valence-electron chi connectivity index (χ0n) is 17.3. The molecule has 1 aliphatic heterocycles. The van der Waals surface area contributed by atoms with E-state index < -0.39 is 11.7 Å². The Balaban J connectivity index is 0.00000320. The van der Waals surface area contributed by atoms with Crippen LogP contribution in [0, 0.1) is 11.2 Å². The van der Waals surface area contributed by atoms with Gasteiger partial charge in [0.15, 0.2) is 0 Å². The smallest absolute Gasteiger partial charge is 0.255 e. The summed E-state index contributed by atoms with van der Waals surface area (Å²) in [5.74, 6) is -0.607. The monoisotopic (exact) mass is 435 g/mol. The van der Waals surface area contributed by atoms with Crippen molar-refractivity contribution in [2.75, 3.05) is 25.5 Å². The number of anilines is 1. The molecule has 1 atom stereocenters. The molecule has 8 heteroatoms. The van der Waals surface area contributed by atoms with E-state index in [2.05, 4.69) is 5.32 Å². The van der Waals surface area contributed by atoms with Crippen molar-refractivity contribution in [3.05, 3.63) is 59.4 Å². The van der Waals surface area contributed by atoms with E-state index in [0.717, 1.165) is 6.07 Å². The number of hydrogen-bond donors (Lipinski definition) is 2. The van der Waals surface area contributed by atoms with Gasteiger partial charge in [-0.25, -0.2) is 4.39 Å². The second-order valence-electron chi connectivity index (χ2n) is 7.98. The van der Waals surface area contributed by atoms with Gasteiger partial charge in [-0.05, 0) is 54.3 Å². The number of carbonyl (C=O) groups is 2. The number of amides is 2. The molecular weight excluding hydrogens is 409 g/mol. The highest BCUT2D eigenvalue weighted by atomic mass is 35.5. The molecule has 0 bridgehead atoms. The Morgan fingerprint density at radius 2 is 1.87 bits per heavy atom. The normalized spacial score (nSPS) is 17.6. The summed E-state index contributed by atoms with van der Waals surface area (Å²) in [4.78, 5) is 27.4. The van der Waals surface area contributed by atoms with E-state index in [1.807, 2.05) is 13.8 Å². The number of nitrogens with zero attached hydrogens (tertiary/aromatic N) is 1. The highest BCUT2D eigenvalue weighted by Gasteiger charge is 2.36. The average molecular weight is 436 g/mol. The van der Waals surface area contributed by atoms with Gasteiger partial charge in [-0.3, -0.25) is 9.59 Å². The van der Waals surface area contributed by atoms with Gasteiger partial charge >= 0.3 is 0 Å². The predicted molar refractivity (Wildman–Crippen MR) is 117 cm³/mol. The van der Waals surface area contributed by atoms with Crippen molar-refractivity contribution < 1.29 is 18.7 Å². The summed E-state index contributed by atoms with van der Waals surface area (Å²) in [7, 11) is 1.54. The molecule has 1 unspecified atom stereocenters. The third kappa shape index (κ3) is 5.09. The molecule has 3 N–H and O–H groups in total. The molecule has 0 spiro atoms. The fourth-order valence-electron chi connectivity index (χ4n) is 3.46. The molecule has 2 aromatic carbocycles. The lowest BCUT2D eigenvalue weighted by Gasteiger charge is -2.42. The summed E-state index contributed by atoms with van der Waals surface area (Å²) < 4.78 is 19.0. The Morgan fingerprint density at radius 1 is 1.20 bits per heavy atom. The summed E-state index contributed by atoms with van der Waals surface area (Å²) >= 11 is 0. The lowest BCUT2D eigenvalue weighted by atomic mass is 9.79. The number of nitrogens with two attached hydrogens (primary N) is 1. The first-order valence-corrected chi connectivity index (χ1v) is 9.51. The van der Waals surface area contributed by atoms with Gasteiger partial charge in [-0.15, -0.1) is 12.4 Å². The molecule has 1 saturated heterocycles. The van der Waals surface area contributed by atoms with Crippen molar-refractivity contribution in [3.8, 4) is 5.75 Å².